The summed E-state index contributed by atoms with van der Waals surface area (Å²) in [6.45, 7) is 27.9. The lowest BCUT2D eigenvalue weighted by Crippen LogP contribution is -2.38. The zero-order valence-corrected chi connectivity index (χ0v) is 35.9. The van der Waals surface area contributed by atoms with E-state index in [-0.39, 0.29) is 42.0 Å². The fourth-order valence-corrected chi connectivity index (χ4v) is 3.53. The second kappa shape index (κ2) is 33.3. The Bertz CT molecular complexity index is 1130. The Morgan fingerprint density at radius 1 is 0.811 bits per heavy atom. The second-order valence-corrected chi connectivity index (χ2v) is 15.0. The SMILES string of the molecule is CC.CC(C)C(C)(C)O.CC(C)CC(N)C(=O)OC(C)C.CC(N)Cc1ccccc1.CCC(C)(C)COC(=O)C(Cc1ccccc1)NC.O=CO. The molecule has 308 valence electrons. The Labute approximate surface area is 323 Å². The lowest BCUT2D eigenvalue weighted by atomic mass is 9.92. The van der Waals surface area contributed by atoms with E-state index in [0.29, 0.717) is 31.3 Å². The summed E-state index contributed by atoms with van der Waals surface area (Å²) in [6.07, 6.45) is 3.23. The minimum atomic E-state index is -0.500. The summed E-state index contributed by atoms with van der Waals surface area (Å²) in [6, 6.07) is 19.8. The Kier molecular flexibility index (Phi) is 35.4. The molecule has 2 aromatic rings. The monoisotopic (exact) mass is 750 g/mol. The number of nitrogens with one attached hydrogen (secondary N) is 1. The first-order chi connectivity index (χ1) is 24.6. The molecule has 2 rings (SSSR count). The first kappa shape index (κ1) is 56.4. The fourth-order valence-electron chi connectivity index (χ4n) is 3.53. The smallest absolute Gasteiger partial charge is 0.323 e. The third-order valence-corrected chi connectivity index (χ3v) is 7.67. The average molecular weight is 750 g/mol. The molecule has 0 bridgehead atoms. The highest BCUT2D eigenvalue weighted by Gasteiger charge is 2.23. The molecule has 53 heavy (non-hydrogen) atoms. The van der Waals surface area contributed by atoms with Crippen molar-refractivity contribution in [1.29, 1.82) is 0 Å². The van der Waals surface area contributed by atoms with Gasteiger partial charge in [0, 0.05) is 6.04 Å². The first-order valence-corrected chi connectivity index (χ1v) is 19.0. The molecule has 0 spiro atoms. The van der Waals surface area contributed by atoms with E-state index >= 15 is 0 Å². The van der Waals surface area contributed by atoms with E-state index in [1.54, 1.807) is 7.05 Å². The molecule has 10 heteroatoms. The van der Waals surface area contributed by atoms with Gasteiger partial charge < -0.3 is 36.5 Å². The van der Waals surface area contributed by atoms with Crippen LogP contribution in [0.1, 0.15) is 121 Å². The fraction of sp³-hybridized carbons (Fsp3) is 0.651. The van der Waals surface area contributed by atoms with Gasteiger partial charge in [0.25, 0.3) is 6.47 Å². The highest BCUT2D eigenvalue weighted by Crippen LogP contribution is 2.20. The lowest BCUT2D eigenvalue weighted by molar-refractivity contribution is -0.150. The molecule has 0 saturated carbocycles. The summed E-state index contributed by atoms with van der Waals surface area (Å²) in [4.78, 5) is 31.6. The summed E-state index contributed by atoms with van der Waals surface area (Å²) >= 11 is 0. The van der Waals surface area contributed by atoms with Gasteiger partial charge in [-0.25, -0.2) is 0 Å². The molecule has 3 unspecified atom stereocenters. The number of carboxylic acid groups (broad SMARTS) is 1. The molecule has 0 heterocycles. The van der Waals surface area contributed by atoms with Gasteiger partial charge >= 0.3 is 11.9 Å². The maximum absolute atomic E-state index is 12.1. The molecule has 0 saturated heterocycles. The van der Waals surface area contributed by atoms with Crippen molar-refractivity contribution >= 4 is 18.4 Å². The molecule has 10 nitrogen and oxygen atoms in total. The van der Waals surface area contributed by atoms with Crippen molar-refractivity contribution in [3.63, 3.8) is 0 Å². The van der Waals surface area contributed by atoms with Crippen LogP contribution in [0.3, 0.4) is 0 Å². The van der Waals surface area contributed by atoms with Gasteiger partial charge in [-0.05, 0) is 95.7 Å². The number of rotatable bonds is 14. The van der Waals surface area contributed by atoms with Crippen molar-refractivity contribution in [3.05, 3.63) is 71.8 Å². The van der Waals surface area contributed by atoms with Gasteiger partial charge in [-0.1, -0.05) is 123 Å². The molecule has 3 atom stereocenters. The van der Waals surface area contributed by atoms with E-state index in [0.717, 1.165) is 18.4 Å². The summed E-state index contributed by atoms with van der Waals surface area (Å²) < 4.78 is 10.4. The predicted molar refractivity (Wildman–Crippen MR) is 222 cm³/mol. The molecule has 0 fully saturated rings. The van der Waals surface area contributed by atoms with Gasteiger partial charge in [0.15, 0.2) is 0 Å². The van der Waals surface area contributed by atoms with E-state index < -0.39 is 11.6 Å². The van der Waals surface area contributed by atoms with Crippen LogP contribution in [-0.2, 0) is 36.7 Å². The van der Waals surface area contributed by atoms with Gasteiger partial charge in [0.05, 0.1) is 18.3 Å². The van der Waals surface area contributed by atoms with Crippen molar-refractivity contribution < 1.29 is 34.1 Å². The molecule has 0 radical (unpaired) electrons. The largest absolute Gasteiger partial charge is 0.483 e. The van der Waals surface area contributed by atoms with Gasteiger partial charge in [-0.15, -0.1) is 0 Å². The average Bonchev–Trinajstić information content (AvgIpc) is 3.08. The van der Waals surface area contributed by atoms with Crippen LogP contribution in [0, 0.1) is 17.3 Å². The van der Waals surface area contributed by atoms with Gasteiger partial charge in [-0.3, -0.25) is 14.4 Å². The van der Waals surface area contributed by atoms with Crippen LogP contribution >= 0.6 is 0 Å². The summed E-state index contributed by atoms with van der Waals surface area (Å²) in [5, 5.41) is 19.0. The molecule has 7 N–H and O–H groups in total. The topological polar surface area (TPSA) is 174 Å². The number of hydrogen-bond acceptors (Lipinski definition) is 9. The molecular formula is C43H79N3O7. The maximum atomic E-state index is 12.1. The third-order valence-electron chi connectivity index (χ3n) is 7.67. The van der Waals surface area contributed by atoms with E-state index in [1.165, 1.54) is 5.56 Å². The molecule has 0 aromatic heterocycles. The molecule has 2 aromatic carbocycles. The van der Waals surface area contributed by atoms with E-state index in [1.807, 2.05) is 125 Å². The number of ether oxygens (including phenoxy) is 2. The van der Waals surface area contributed by atoms with Gasteiger partial charge in [-0.2, -0.15) is 0 Å². The highest BCUT2D eigenvalue weighted by atomic mass is 16.5. The van der Waals surface area contributed by atoms with Crippen molar-refractivity contribution in [1.82, 2.24) is 5.32 Å². The predicted octanol–water partition coefficient (Wildman–Crippen LogP) is 7.82. The number of esters is 2. The Hall–Kier alpha value is -3.31. The molecular weight excluding hydrogens is 670 g/mol. The van der Waals surface area contributed by atoms with Crippen LogP contribution < -0.4 is 16.8 Å². The minimum absolute atomic E-state index is 0.0424. The van der Waals surface area contributed by atoms with Crippen molar-refractivity contribution in [2.75, 3.05) is 13.7 Å². The maximum Gasteiger partial charge on any atom is 0.323 e. The Morgan fingerprint density at radius 3 is 1.51 bits per heavy atom. The van der Waals surface area contributed by atoms with Crippen LogP contribution in [0.25, 0.3) is 0 Å². The first-order valence-electron chi connectivity index (χ1n) is 19.0. The Morgan fingerprint density at radius 2 is 1.21 bits per heavy atom. The van der Waals surface area contributed by atoms with Crippen LogP contribution in [0.5, 0.6) is 0 Å². The van der Waals surface area contributed by atoms with Gasteiger partial charge in [0.1, 0.15) is 12.1 Å². The normalized spacial score (nSPS) is 12.2. The number of benzene rings is 2. The van der Waals surface area contributed by atoms with Crippen molar-refractivity contribution in [2.45, 2.75) is 152 Å². The molecule has 0 amide bonds. The number of aliphatic hydroxyl groups is 1. The number of carbonyl (C=O) groups is 3. The van der Waals surface area contributed by atoms with Crippen LogP contribution in [-0.4, -0.2) is 72.1 Å². The lowest BCUT2D eigenvalue weighted by Gasteiger charge is -2.24. The van der Waals surface area contributed by atoms with Crippen LogP contribution in [0.4, 0.5) is 0 Å². The molecule has 0 aliphatic carbocycles. The van der Waals surface area contributed by atoms with E-state index in [9.17, 15) is 9.59 Å². The van der Waals surface area contributed by atoms with Crippen molar-refractivity contribution in [2.24, 2.45) is 28.7 Å². The zero-order valence-electron chi connectivity index (χ0n) is 35.9. The third kappa shape index (κ3) is 36.8. The number of carbonyl (C=O) groups excluding carboxylic acids is 2. The number of likely N-dealkylation sites (N-methyl/N-ethyl adjacent to an activating group) is 1. The quantitative estimate of drug-likeness (QED) is 0.0946. The van der Waals surface area contributed by atoms with Crippen LogP contribution in [0.2, 0.25) is 0 Å². The minimum Gasteiger partial charge on any atom is -0.483 e. The van der Waals surface area contributed by atoms with Crippen molar-refractivity contribution in [3.8, 4) is 0 Å². The highest BCUT2D eigenvalue weighted by molar-refractivity contribution is 5.76. The summed E-state index contributed by atoms with van der Waals surface area (Å²) in [5.74, 6) is 0.318. The standard InChI is InChI=1S/C16H25NO2.C9H19NO2.C9H13N.C6H14O.C2H6.CH2O2/c1-5-16(2,3)12-19-15(18)14(17-4)11-13-9-7-6-8-10-13;1-6(2)5-8(10)9(11)12-7(3)4;1-8(10)7-9-5-3-2-4-6-9;1-5(2)6(3,4)7;1-2;2-1-3/h6-10,14,17H,5,11-12H2,1-4H3;6-8H,5,10H2,1-4H3;2-6,8H,7,10H2,1H3;5,7H,1-4H3;1-2H3;1H,(H,2,3). The second-order valence-electron chi connectivity index (χ2n) is 15.0. The number of nitrogens with two attached hydrogens (primary N) is 2. The van der Waals surface area contributed by atoms with E-state index in [4.69, 9.17) is 35.9 Å². The van der Waals surface area contributed by atoms with Crippen LogP contribution in [0.15, 0.2) is 60.7 Å². The summed E-state index contributed by atoms with van der Waals surface area (Å²) in [5.41, 5.74) is 13.2. The molecule has 0 aliphatic rings. The Balaban J connectivity index is -0.000000306. The van der Waals surface area contributed by atoms with E-state index in [2.05, 4.69) is 38.2 Å². The molecule has 0 aliphatic heterocycles. The zero-order chi connectivity index (χ0) is 42.2. The number of hydrogen-bond donors (Lipinski definition) is 5. The summed E-state index contributed by atoms with van der Waals surface area (Å²) in [7, 11) is 1.79. The van der Waals surface area contributed by atoms with Gasteiger partial charge in [0.2, 0.25) is 0 Å².